The van der Waals surface area contributed by atoms with E-state index in [9.17, 15) is 4.79 Å². The summed E-state index contributed by atoms with van der Waals surface area (Å²) in [5, 5.41) is 6.42. The van der Waals surface area contributed by atoms with Crippen LogP contribution in [0.1, 0.15) is 30.4 Å². The first kappa shape index (κ1) is 14.4. The fraction of sp³-hybridized carbons (Fsp3) is 0.588. The third kappa shape index (κ3) is 3.38. The van der Waals surface area contributed by atoms with Crippen LogP contribution in [0.3, 0.4) is 0 Å². The number of amides is 1. The Balaban J connectivity index is 1.56. The molecule has 1 atom stereocenters. The molecule has 2 heterocycles. The summed E-state index contributed by atoms with van der Waals surface area (Å²) in [6.07, 6.45) is 3.14. The zero-order chi connectivity index (χ0) is 14.8. The Morgan fingerprint density at radius 1 is 1.10 bits per heavy atom. The van der Waals surface area contributed by atoms with Gasteiger partial charge in [0.15, 0.2) is 0 Å². The second-order valence-corrected chi connectivity index (χ2v) is 6.41. The minimum Gasteiger partial charge on any atom is -0.371 e. The van der Waals surface area contributed by atoms with E-state index in [1.165, 1.54) is 16.8 Å². The number of hydrogen-bond donors (Lipinski definition) is 2. The Kier molecular flexibility index (Phi) is 4.15. The summed E-state index contributed by atoms with van der Waals surface area (Å²) < 4.78 is 0. The maximum Gasteiger partial charge on any atom is 0.237 e. The number of piperidine rings is 1. The molecule has 0 aromatic heterocycles. The van der Waals surface area contributed by atoms with Crippen LogP contribution >= 0.6 is 0 Å². The van der Waals surface area contributed by atoms with Gasteiger partial charge in [-0.3, -0.25) is 4.79 Å². The van der Waals surface area contributed by atoms with E-state index in [0.29, 0.717) is 6.04 Å². The van der Waals surface area contributed by atoms with Crippen molar-refractivity contribution in [1.29, 1.82) is 0 Å². The number of rotatable bonds is 3. The molecule has 0 spiro atoms. The molecule has 1 amide bonds. The van der Waals surface area contributed by atoms with Crippen molar-refractivity contribution in [2.45, 2.75) is 45.2 Å². The molecular weight excluding hydrogens is 262 g/mol. The maximum atomic E-state index is 11.6. The molecule has 114 valence electrons. The zero-order valence-electron chi connectivity index (χ0n) is 13.0. The van der Waals surface area contributed by atoms with Gasteiger partial charge in [-0.05, 0) is 56.4 Å². The fourth-order valence-electron chi connectivity index (χ4n) is 3.48. The quantitative estimate of drug-likeness (QED) is 0.890. The SMILES string of the molecule is Cc1cc(C)cc(N2CCC(NC3CCNC3=O)CC2)c1. The van der Waals surface area contributed by atoms with Crippen molar-refractivity contribution in [3.8, 4) is 0 Å². The highest BCUT2D eigenvalue weighted by Crippen LogP contribution is 2.23. The van der Waals surface area contributed by atoms with Gasteiger partial charge in [0.1, 0.15) is 0 Å². The molecule has 2 fully saturated rings. The van der Waals surface area contributed by atoms with Crippen LogP contribution in [0.5, 0.6) is 0 Å². The van der Waals surface area contributed by atoms with E-state index in [4.69, 9.17) is 0 Å². The lowest BCUT2D eigenvalue weighted by Gasteiger charge is -2.35. The molecular formula is C17H25N3O. The van der Waals surface area contributed by atoms with Crippen LogP contribution in [0.4, 0.5) is 5.69 Å². The molecule has 1 aromatic rings. The van der Waals surface area contributed by atoms with Crippen LogP contribution in [0.25, 0.3) is 0 Å². The fourth-order valence-corrected chi connectivity index (χ4v) is 3.48. The lowest BCUT2D eigenvalue weighted by Crippen LogP contribution is -2.48. The Morgan fingerprint density at radius 2 is 1.76 bits per heavy atom. The van der Waals surface area contributed by atoms with Crippen LogP contribution in [-0.2, 0) is 4.79 Å². The molecule has 0 saturated carbocycles. The molecule has 2 saturated heterocycles. The summed E-state index contributed by atoms with van der Waals surface area (Å²) in [7, 11) is 0. The smallest absolute Gasteiger partial charge is 0.237 e. The van der Waals surface area contributed by atoms with Crippen molar-refractivity contribution < 1.29 is 4.79 Å². The maximum absolute atomic E-state index is 11.6. The van der Waals surface area contributed by atoms with Crippen LogP contribution in [-0.4, -0.2) is 37.6 Å². The number of nitrogens with zero attached hydrogens (tertiary/aromatic N) is 1. The molecule has 3 rings (SSSR count). The molecule has 21 heavy (non-hydrogen) atoms. The number of aryl methyl sites for hydroxylation is 2. The Labute approximate surface area is 126 Å². The summed E-state index contributed by atoms with van der Waals surface area (Å²) >= 11 is 0. The van der Waals surface area contributed by atoms with Gasteiger partial charge in [0, 0.05) is 31.4 Å². The van der Waals surface area contributed by atoms with E-state index in [1.54, 1.807) is 0 Å². The summed E-state index contributed by atoms with van der Waals surface area (Å²) in [5.41, 5.74) is 3.99. The molecule has 2 aliphatic rings. The standard InChI is InChI=1S/C17H25N3O/c1-12-9-13(2)11-15(10-12)20-7-4-14(5-8-20)19-16-3-6-18-17(16)21/h9-11,14,16,19H,3-8H2,1-2H3,(H,18,21). The lowest BCUT2D eigenvalue weighted by molar-refractivity contribution is -0.121. The third-order valence-corrected chi connectivity index (χ3v) is 4.55. The Morgan fingerprint density at radius 3 is 2.33 bits per heavy atom. The van der Waals surface area contributed by atoms with Crippen molar-refractivity contribution in [3.63, 3.8) is 0 Å². The first-order valence-electron chi connectivity index (χ1n) is 7.99. The molecule has 0 aliphatic carbocycles. The Bertz CT molecular complexity index is 501. The summed E-state index contributed by atoms with van der Waals surface area (Å²) in [6, 6.07) is 7.26. The Hall–Kier alpha value is -1.55. The average molecular weight is 287 g/mol. The van der Waals surface area contributed by atoms with Gasteiger partial charge in [0.05, 0.1) is 6.04 Å². The predicted octanol–water partition coefficient (Wildman–Crippen LogP) is 1.75. The molecule has 1 aromatic carbocycles. The summed E-state index contributed by atoms with van der Waals surface area (Å²) in [4.78, 5) is 14.1. The topological polar surface area (TPSA) is 44.4 Å². The number of benzene rings is 1. The molecule has 0 bridgehead atoms. The summed E-state index contributed by atoms with van der Waals surface area (Å²) in [6.45, 7) is 7.26. The number of anilines is 1. The van der Waals surface area contributed by atoms with E-state index < -0.39 is 0 Å². The molecule has 1 unspecified atom stereocenters. The molecule has 2 aliphatic heterocycles. The van der Waals surface area contributed by atoms with Crippen LogP contribution in [0.15, 0.2) is 18.2 Å². The lowest BCUT2D eigenvalue weighted by atomic mass is 10.0. The first-order chi connectivity index (χ1) is 10.1. The van der Waals surface area contributed by atoms with Gasteiger partial charge in [-0.2, -0.15) is 0 Å². The van der Waals surface area contributed by atoms with Crippen molar-refractivity contribution in [2.24, 2.45) is 0 Å². The highest BCUT2D eigenvalue weighted by molar-refractivity contribution is 5.83. The van der Waals surface area contributed by atoms with Crippen LogP contribution in [0, 0.1) is 13.8 Å². The van der Waals surface area contributed by atoms with Crippen LogP contribution < -0.4 is 15.5 Å². The van der Waals surface area contributed by atoms with Crippen molar-refractivity contribution in [1.82, 2.24) is 10.6 Å². The average Bonchev–Trinajstić information content (AvgIpc) is 2.84. The molecule has 4 nitrogen and oxygen atoms in total. The number of hydrogen-bond acceptors (Lipinski definition) is 3. The monoisotopic (exact) mass is 287 g/mol. The van der Waals surface area contributed by atoms with Gasteiger partial charge < -0.3 is 15.5 Å². The summed E-state index contributed by atoms with van der Waals surface area (Å²) in [5.74, 6) is 0.173. The minimum absolute atomic E-state index is 0.0303. The third-order valence-electron chi connectivity index (χ3n) is 4.55. The predicted molar refractivity (Wildman–Crippen MR) is 85.7 cm³/mol. The molecule has 2 N–H and O–H groups in total. The number of nitrogens with one attached hydrogen (secondary N) is 2. The van der Waals surface area contributed by atoms with Gasteiger partial charge in [-0.25, -0.2) is 0 Å². The minimum atomic E-state index is 0.0303. The van der Waals surface area contributed by atoms with E-state index >= 15 is 0 Å². The molecule has 0 radical (unpaired) electrons. The normalized spacial score (nSPS) is 23.4. The highest BCUT2D eigenvalue weighted by atomic mass is 16.2. The van der Waals surface area contributed by atoms with Crippen LogP contribution in [0.2, 0.25) is 0 Å². The molecule has 4 heteroatoms. The largest absolute Gasteiger partial charge is 0.371 e. The van der Waals surface area contributed by atoms with Gasteiger partial charge in [-0.15, -0.1) is 0 Å². The van der Waals surface area contributed by atoms with E-state index in [1.807, 2.05) is 0 Å². The van der Waals surface area contributed by atoms with Gasteiger partial charge in [0.2, 0.25) is 5.91 Å². The first-order valence-corrected chi connectivity index (χ1v) is 7.99. The van der Waals surface area contributed by atoms with Crippen molar-refractivity contribution in [3.05, 3.63) is 29.3 Å². The zero-order valence-corrected chi connectivity index (χ0v) is 13.0. The van der Waals surface area contributed by atoms with E-state index in [-0.39, 0.29) is 11.9 Å². The van der Waals surface area contributed by atoms with Crippen molar-refractivity contribution in [2.75, 3.05) is 24.5 Å². The number of carbonyl (C=O) groups excluding carboxylic acids is 1. The second-order valence-electron chi connectivity index (χ2n) is 6.41. The van der Waals surface area contributed by atoms with Crippen molar-refractivity contribution >= 4 is 11.6 Å². The highest BCUT2D eigenvalue weighted by Gasteiger charge is 2.28. The van der Waals surface area contributed by atoms with E-state index in [0.717, 1.165) is 38.9 Å². The van der Waals surface area contributed by atoms with E-state index in [2.05, 4.69) is 47.6 Å². The van der Waals surface area contributed by atoms with Gasteiger partial charge in [-0.1, -0.05) is 6.07 Å². The second kappa shape index (κ2) is 6.06. The number of carbonyl (C=O) groups is 1. The van der Waals surface area contributed by atoms with Gasteiger partial charge in [0.25, 0.3) is 0 Å². The van der Waals surface area contributed by atoms with Gasteiger partial charge >= 0.3 is 0 Å².